The smallest absolute Gasteiger partial charge is 0.324 e. The predicted octanol–water partition coefficient (Wildman–Crippen LogP) is 4.09. The molecule has 5 rings (SSSR count). The van der Waals surface area contributed by atoms with Crippen molar-refractivity contribution in [1.82, 2.24) is 34.6 Å². The van der Waals surface area contributed by atoms with Crippen LogP contribution in [0.3, 0.4) is 0 Å². The molecule has 1 aliphatic heterocycles. The number of rotatable bonds is 7. The van der Waals surface area contributed by atoms with Gasteiger partial charge in [0.2, 0.25) is 5.95 Å². The van der Waals surface area contributed by atoms with E-state index in [1.807, 2.05) is 6.92 Å². The van der Waals surface area contributed by atoms with Gasteiger partial charge in [-0.15, -0.1) is 0 Å². The molecule has 3 heterocycles. The highest BCUT2D eigenvalue weighted by Crippen LogP contribution is 2.31. The van der Waals surface area contributed by atoms with E-state index in [4.69, 9.17) is 0 Å². The molecule has 1 fully saturated rings. The quantitative estimate of drug-likeness (QED) is 0.283. The SMILES string of the molecule is Cc1ccc(NC(=O)c2cc(C(F)(F)F)ccc2F)cc1Nc1ncnn1-c1cc(NN2CCN(C)CC2)ncn1. The molecular weight excluding hydrogens is 544 g/mol. The molecule has 1 saturated heterocycles. The Hall–Kier alpha value is -4.63. The first-order valence-corrected chi connectivity index (χ1v) is 12.6. The number of aromatic nitrogens is 5. The zero-order chi connectivity index (χ0) is 29.1. The standard InChI is InChI=1S/C26H26F4N10O/c1-16-3-5-18(35-24(41)19-11-17(26(28,29)30)4-6-20(19)27)12-21(16)36-25-33-15-34-40(25)23-13-22(31-14-32-23)37-39-9-7-38(2)8-10-39/h3-6,11-15H,7-10H2,1-2H3,(H,35,41)(H,31,32,37)(H,33,34,36). The molecule has 0 saturated carbocycles. The summed E-state index contributed by atoms with van der Waals surface area (Å²) < 4.78 is 54.9. The molecule has 214 valence electrons. The van der Waals surface area contributed by atoms with Gasteiger partial charge in [0.1, 0.15) is 24.3 Å². The number of hydrogen-bond acceptors (Lipinski definition) is 9. The lowest BCUT2D eigenvalue weighted by molar-refractivity contribution is -0.137. The third-order valence-electron chi connectivity index (χ3n) is 6.47. The summed E-state index contributed by atoms with van der Waals surface area (Å²) in [6.45, 7) is 5.33. The van der Waals surface area contributed by atoms with Crippen LogP contribution in [0.25, 0.3) is 5.82 Å². The lowest BCUT2D eigenvalue weighted by atomic mass is 10.1. The average Bonchev–Trinajstić information content (AvgIpc) is 3.40. The first-order valence-electron chi connectivity index (χ1n) is 12.6. The molecule has 3 N–H and O–H groups in total. The van der Waals surface area contributed by atoms with Crippen molar-refractivity contribution in [3.8, 4) is 5.82 Å². The maximum Gasteiger partial charge on any atom is 0.416 e. The molecule has 0 spiro atoms. The minimum absolute atomic E-state index is 0.228. The molecule has 0 bridgehead atoms. The van der Waals surface area contributed by atoms with Gasteiger partial charge < -0.3 is 21.0 Å². The zero-order valence-electron chi connectivity index (χ0n) is 22.1. The van der Waals surface area contributed by atoms with Gasteiger partial charge in [0.05, 0.1) is 11.1 Å². The Balaban J connectivity index is 1.33. The molecule has 11 nitrogen and oxygen atoms in total. The minimum atomic E-state index is -4.72. The number of nitrogens with one attached hydrogen (secondary N) is 3. The lowest BCUT2D eigenvalue weighted by Gasteiger charge is -2.32. The van der Waals surface area contributed by atoms with Gasteiger partial charge in [-0.1, -0.05) is 6.07 Å². The summed E-state index contributed by atoms with van der Waals surface area (Å²) in [6, 6.07) is 8.20. The van der Waals surface area contributed by atoms with Crippen LogP contribution in [-0.4, -0.2) is 73.8 Å². The molecule has 15 heteroatoms. The summed E-state index contributed by atoms with van der Waals surface area (Å²) in [5.74, 6) is -0.749. The largest absolute Gasteiger partial charge is 0.416 e. The van der Waals surface area contributed by atoms with Crippen LogP contribution >= 0.6 is 0 Å². The second-order valence-corrected chi connectivity index (χ2v) is 9.46. The highest BCUT2D eigenvalue weighted by molar-refractivity contribution is 6.04. The van der Waals surface area contributed by atoms with Gasteiger partial charge in [-0.25, -0.2) is 19.4 Å². The number of piperazine rings is 1. The van der Waals surface area contributed by atoms with Crippen LogP contribution < -0.4 is 16.1 Å². The van der Waals surface area contributed by atoms with E-state index in [1.165, 1.54) is 17.3 Å². The van der Waals surface area contributed by atoms with E-state index in [2.05, 4.69) is 53.1 Å². The van der Waals surface area contributed by atoms with Gasteiger partial charge >= 0.3 is 6.18 Å². The average molecular weight is 571 g/mol. The molecule has 1 aliphatic rings. The third-order valence-corrected chi connectivity index (χ3v) is 6.47. The van der Waals surface area contributed by atoms with E-state index in [-0.39, 0.29) is 5.69 Å². The van der Waals surface area contributed by atoms with Gasteiger partial charge in [-0.2, -0.15) is 27.9 Å². The van der Waals surface area contributed by atoms with Gasteiger partial charge in [0.25, 0.3) is 5.91 Å². The lowest BCUT2D eigenvalue weighted by Crippen LogP contribution is -2.47. The topological polar surface area (TPSA) is 116 Å². The van der Waals surface area contributed by atoms with Crippen molar-refractivity contribution < 1.29 is 22.4 Å². The fourth-order valence-corrected chi connectivity index (χ4v) is 4.13. The number of benzene rings is 2. The van der Waals surface area contributed by atoms with Crippen molar-refractivity contribution in [3.05, 3.63) is 77.6 Å². The van der Waals surface area contributed by atoms with E-state index >= 15 is 0 Å². The molecule has 0 atom stereocenters. The number of likely N-dealkylation sites (N-methyl/N-ethyl adjacent to an activating group) is 1. The number of anilines is 4. The van der Waals surface area contributed by atoms with Crippen molar-refractivity contribution in [1.29, 1.82) is 0 Å². The van der Waals surface area contributed by atoms with E-state index < -0.39 is 29.0 Å². The van der Waals surface area contributed by atoms with Crippen LogP contribution in [0.15, 0.2) is 55.1 Å². The predicted molar refractivity (Wildman–Crippen MR) is 143 cm³/mol. The third kappa shape index (κ3) is 6.58. The van der Waals surface area contributed by atoms with Crippen LogP contribution in [0.5, 0.6) is 0 Å². The molecule has 0 unspecified atom stereocenters. The van der Waals surface area contributed by atoms with E-state index in [0.717, 1.165) is 31.7 Å². The van der Waals surface area contributed by atoms with Crippen LogP contribution in [0.4, 0.5) is 40.7 Å². The molecule has 1 amide bonds. The monoisotopic (exact) mass is 570 g/mol. The number of halogens is 4. The van der Waals surface area contributed by atoms with Crippen molar-refractivity contribution in [2.75, 3.05) is 49.3 Å². The van der Waals surface area contributed by atoms with Gasteiger partial charge in [-0.05, 0) is 49.9 Å². The van der Waals surface area contributed by atoms with Crippen LogP contribution in [0.1, 0.15) is 21.5 Å². The molecule has 2 aromatic heterocycles. The van der Waals surface area contributed by atoms with Crippen molar-refractivity contribution in [2.45, 2.75) is 13.1 Å². The normalized spacial score (nSPS) is 14.6. The summed E-state index contributed by atoms with van der Waals surface area (Å²) >= 11 is 0. The minimum Gasteiger partial charge on any atom is -0.324 e. The Kier molecular flexibility index (Phi) is 7.81. The van der Waals surface area contributed by atoms with Crippen molar-refractivity contribution >= 4 is 29.0 Å². The second-order valence-electron chi connectivity index (χ2n) is 9.46. The molecule has 2 aromatic carbocycles. The first-order chi connectivity index (χ1) is 19.6. The van der Waals surface area contributed by atoms with Gasteiger partial charge in [0, 0.05) is 43.6 Å². The maximum absolute atomic E-state index is 14.2. The highest BCUT2D eigenvalue weighted by Gasteiger charge is 2.32. The van der Waals surface area contributed by atoms with Crippen molar-refractivity contribution in [2.24, 2.45) is 0 Å². The number of hydrogen-bond donors (Lipinski definition) is 3. The molecule has 0 aliphatic carbocycles. The number of amides is 1. The van der Waals surface area contributed by atoms with Crippen LogP contribution in [0.2, 0.25) is 0 Å². The fraction of sp³-hybridized carbons (Fsp3) is 0.269. The van der Waals surface area contributed by atoms with E-state index in [1.54, 1.807) is 24.3 Å². The first kappa shape index (κ1) is 27.9. The van der Waals surface area contributed by atoms with Gasteiger partial charge in [0.15, 0.2) is 5.82 Å². The second kappa shape index (κ2) is 11.5. The Labute approximate surface area is 232 Å². The summed E-state index contributed by atoms with van der Waals surface area (Å²) in [5, 5.41) is 11.9. The summed E-state index contributed by atoms with van der Waals surface area (Å²) in [4.78, 5) is 27.8. The summed E-state index contributed by atoms with van der Waals surface area (Å²) in [6.07, 6.45) is -1.96. The Morgan fingerprint density at radius 1 is 0.951 bits per heavy atom. The molecule has 0 radical (unpaired) electrons. The van der Waals surface area contributed by atoms with Gasteiger partial charge in [-0.3, -0.25) is 4.79 Å². The van der Waals surface area contributed by atoms with E-state index in [0.29, 0.717) is 41.5 Å². The number of nitrogens with zero attached hydrogens (tertiary/aromatic N) is 7. The van der Waals surface area contributed by atoms with E-state index in [9.17, 15) is 22.4 Å². The zero-order valence-corrected chi connectivity index (χ0v) is 22.1. The molecular formula is C26H26F4N10O. The summed E-state index contributed by atoms with van der Waals surface area (Å²) in [5.41, 5.74) is 2.95. The number of carbonyl (C=O) groups excluding carboxylic acids is 1. The number of hydrazine groups is 1. The number of carbonyl (C=O) groups is 1. The van der Waals surface area contributed by atoms with Crippen LogP contribution in [-0.2, 0) is 6.18 Å². The maximum atomic E-state index is 14.2. The number of alkyl halides is 3. The van der Waals surface area contributed by atoms with Crippen LogP contribution in [0, 0.1) is 12.7 Å². The Bertz CT molecular complexity index is 1550. The van der Waals surface area contributed by atoms with Crippen molar-refractivity contribution in [3.63, 3.8) is 0 Å². The molecule has 41 heavy (non-hydrogen) atoms. The Morgan fingerprint density at radius 3 is 2.49 bits per heavy atom. The molecule has 4 aromatic rings. The highest BCUT2D eigenvalue weighted by atomic mass is 19.4. The number of aryl methyl sites for hydroxylation is 1. The summed E-state index contributed by atoms with van der Waals surface area (Å²) in [7, 11) is 2.07. The fourth-order valence-electron chi connectivity index (χ4n) is 4.13. The Morgan fingerprint density at radius 2 is 1.73 bits per heavy atom.